The zero-order chi connectivity index (χ0) is 18.6. The first kappa shape index (κ1) is 17.7. The topological polar surface area (TPSA) is 71.3 Å². The molecule has 2 aromatic carbocycles. The molecule has 26 heavy (non-hydrogen) atoms. The van der Waals surface area contributed by atoms with Crippen LogP contribution in [0.25, 0.3) is 10.9 Å². The molecule has 1 heterocycles. The minimum absolute atomic E-state index is 0.219. The number of benzene rings is 2. The number of rotatable bonds is 7. The number of fused-ring (bicyclic) bond motifs is 1. The van der Waals surface area contributed by atoms with E-state index in [1.54, 1.807) is 6.92 Å². The van der Waals surface area contributed by atoms with Crippen LogP contribution >= 0.6 is 0 Å². The summed E-state index contributed by atoms with van der Waals surface area (Å²) < 4.78 is 2.00. The van der Waals surface area contributed by atoms with E-state index >= 15 is 0 Å². The predicted octanol–water partition coefficient (Wildman–Crippen LogP) is 3.23. The van der Waals surface area contributed by atoms with Crippen molar-refractivity contribution in [2.45, 2.75) is 31.8 Å². The molecule has 2 N–H and O–H groups in total. The summed E-state index contributed by atoms with van der Waals surface area (Å²) in [5.41, 5.74) is 0.594. The number of hydrogen-bond acceptors (Lipinski definition) is 2. The lowest BCUT2D eigenvalue weighted by molar-refractivity contribution is -0.146. The Labute approximate surface area is 152 Å². The molecule has 1 atom stereocenters. The number of carbonyl (C=O) groups is 2. The minimum Gasteiger partial charge on any atom is -0.480 e. The molecule has 1 amide bonds. The van der Waals surface area contributed by atoms with Gasteiger partial charge >= 0.3 is 5.97 Å². The number of nitrogens with zero attached hydrogens (tertiary/aromatic N) is 1. The van der Waals surface area contributed by atoms with E-state index in [-0.39, 0.29) is 18.7 Å². The number of aryl methyl sites for hydroxylation is 1. The van der Waals surface area contributed by atoms with Crippen molar-refractivity contribution in [1.29, 1.82) is 0 Å². The average Bonchev–Trinajstić information content (AvgIpc) is 3.04. The molecule has 0 saturated carbocycles. The summed E-state index contributed by atoms with van der Waals surface area (Å²) in [6.45, 7) is 2.05. The van der Waals surface area contributed by atoms with E-state index in [0.717, 1.165) is 16.5 Å². The van der Waals surface area contributed by atoms with Crippen LogP contribution in [0.1, 0.15) is 18.9 Å². The highest BCUT2D eigenvalue weighted by Gasteiger charge is 2.34. The maximum atomic E-state index is 12.4. The van der Waals surface area contributed by atoms with Gasteiger partial charge in [0.2, 0.25) is 5.91 Å². The van der Waals surface area contributed by atoms with Crippen molar-refractivity contribution >= 4 is 22.8 Å². The van der Waals surface area contributed by atoms with Gasteiger partial charge in [0.05, 0.1) is 0 Å². The van der Waals surface area contributed by atoms with E-state index < -0.39 is 11.5 Å². The van der Waals surface area contributed by atoms with Crippen molar-refractivity contribution in [2.75, 3.05) is 0 Å². The molecular weight excluding hydrogens is 328 g/mol. The van der Waals surface area contributed by atoms with E-state index in [1.165, 1.54) is 0 Å². The average molecular weight is 350 g/mol. The number of carbonyl (C=O) groups excluding carboxylic acids is 1. The molecule has 0 aliphatic carbocycles. The summed E-state index contributed by atoms with van der Waals surface area (Å²) in [7, 11) is 0. The summed E-state index contributed by atoms with van der Waals surface area (Å²) in [5, 5.41) is 13.4. The maximum Gasteiger partial charge on any atom is 0.329 e. The second-order valence-electron chi connectivity index (χ2n) is 6.67. The minimum atomic E-state index is -1.34. The number of para-hydroxylation sites is 1. The first-order valence-electron chi connectivity index (χ1n) is 8.60. The monoisotopic (exact) mass is 350 g/mol. The Balaban J connectivity index is 1.65. The third-order valence-electron chi connectivity index (χ3n) is 4.55. The van der Waals surface area contributed by atoms with E-state index in [9.17, 15) is 14.7 Å². The van der Waals surface area contributed by atoms with Crippen LogP contribution < -0.4 is 5.32 Å². The number of aromatic nitrogens is 1. The van der Waals surface area contributed by atoms with Gasteiger partial charge in [-0.25, -0.2) is 4.79 Å². The number of amides is 1. The highest BCUT2D eigenvalue weighted by Crippen LogP contribution is 2.17. The van der Waals surface area contributed by atoms with Gasteiger partial charge in [0, 0.05) is 31.1 Å². The molecule has 3 rings (SSSR count). The largest absolute Gasteiger partial charge is 0.480 e. The second-order valence-corrected chi connectivity index (χ2v) is 6.67. The number of carboxylic acid groups (broad SMARTS) is 1. The summed E-state index contributed by atoms with van der Waals surface area (Å²) in [6, 6.07) is 19.3. The maximum absolute atomic E-state index is 12.4. The third-order valence-corrected chi connectivity index (χ3v) is 4.55. The lowest BCUT2D eigenvalue weighted by atomic mass is 9.92. The van der Waals surface area contributed by atoms with Crippen molar-refractivity contribution in [1.82, 2.24) is 9.88 Å². The van der Waals surface area contributed by atoms with E-state index in [0.29, 0.717) is 6.54 Å². The fourth-order valence-corrected chi connectivity index (χ4v) is 3.11. The quantitative estimate of drug-likeness (QED) is 0.687. The van der Waals surface area contributed by atoms with E-state index in [4.69, 9.17) is 0 Å². The molecule has 0 spiro atoms. The molecule has 0 bridgehead atoms. The van der Waals surface area contributed by atoms with Crippen LogP contribution in [0, 0.1) is 0 Å². The zero-order valence-electron chi connectivity index (χ0n) is 14.7. The van der Waals surface area contributed by atoms with Crippen LogP contribution in [0.15, 0.2) is 66.9 Å². The molecule has 5 heteroatoms. The molecule has 0 saturated heterocycles. The molecule has 1 aromatic heterocycles. The van der Waals surface area contributed by atoms with Crippen LogP contribution in [0.3, 0.4) is 0 Å². The van der Waals surface area contributed by atoms with E-state index in [1.807, 2.05) is 71.4 Å². The number of aliphatic carboxylic acids is 1. The Morgan fingerprint density at radius 3 is 2.46 bits per heavy atom. The van der Waals surface area contributed by atoms with Crippen molar-refractivity contribution in [3.63, 3.8) is 0 Å². The van der Waals surface area contributed by atoms with Gasteiger partial charge in [0.25, 0.3) is 0 Å². The number of nitrogens with one attached hydrogen (secondary N) is 1. The Morgan fingerprint density at radius 2 is 1.73 bits per heavy atom. The second kappa shape index (κ2) is 7.44. The zero-order valence-corrected chi connectivity index (χ0v) is 14.7. The Morgan fingerprint density at radius 1 is 1.04 bits per heavy atom. The Hall–Kier alpha value is -3.08. The van der Waals surface area contributed by atoms with Gasteiger partial charge in [0.15, 0.2) is 0 Å². The molecule has 0 fully saturated rings. The first-order valence-corrected chi connectivity index (χ1v) is 8.60. The van der Waals surface area contributed by atoms with Crippen LogP contribution in [0.2, 0.25) is 0 Å². The molecular formula is C21H22N2O3. The van der Waals surface area contributed by atoms with Crippen LogP contribution in [0.5, 0.6) is 0 Å². The van der Waals surface area contributed by atoms with Gasteiger partial charge in [0.1, 0.15) is 5.54 Å². The Kier molecular flexibility index (Phi) is 5.07. The highest BCUT2D eigenvalue weighted by molar-refractivity contribution is 5.87. The fraction of sp³-hybridized carbons (Fsp3) is 0.238. The summed E-state index contributed by atoms with van der Waals surface area (Å²) in [5.74, 6) is -1.32. The lowest BCUT2D eigenvalue weighted by Gasteiger charge is -2.26. The van der Waals surface area contributed by atoms with E-state index in [2.05, 4.69) is 5.32 Å². The molecule has 0 aliphatic heterocycles. The van der Waals surface area contributed by atoms with Crippen LogP contribution in [0.4, 0.5) is 0 Å². The fourth-order valence-electron chi connectivity index (χ4n) is 3.11. The standard InChI is InChI=1S/C21H22N2O3/c1-21(20(25)26,15-16-7-3-2-4-8-16)22-19(24)12-14-23-13-11-17-9-5-6-10-18(17)23/h2-11,13H,12,14-15H2,1H3,(H,22,24)(H,25,26). The van der Waals surface area contributed by atoms with Crippen molar-refractivity contribution in [3.05, 3.63) is 72.4 Å². The number of hydrogen-bond donors (Lipinski definition) is 2. The molecule has 1 unspecified atom stereocenters. The van der Waals surface area contributed by atoms with Gasteiger partial charge in [-0.1, -0.05) is 48.5 Å². The van der Waals surface area contributed by atoms with Gasteiger partial charge in [-0.05, 0) is 30.0 Å². The summed E-state index contributed by atoms with van der Waals surface area (Å²) >= 11 is 0. The van der Waals surface area contributed by atoms with Crippen molar-refractivity contribution < 1.29 is 14.7 Å². The molecule has 0 aliphatic rings. The van der Waals surface area contributed by atoms with Crippen LogP contribution in [-0.4, -0.2) is 27.1 Å². The third kappa shape index (κ3) is 3.94. The summed E-state index contributed by atoms with van der Waals surface area (Å²) in [4.78, 5) is 24.1. The molecule has 0 radical (unpaired) electrons. The van der Waals surface area contributed by atoms with Crippen molar-refractivity contribution in [3.8, 4) is 0 Å². The normalized spacial score (nSPS) is 13.3. The van der Waals surface area contributed by atoms with Gasteiger partial charge in [-0.15, -0.1) is 0 Å². The highest BCUT2D eigenvalue weighted by atomic mass is 16.4. The lowest BCUT2D eigenvalue weighted by Crippen LogP contribution is -2.53. The molecule has 5 nitrogen and oxygen atoms in total. The molecule has 134 valence electrons. The molecule has 3 aromatic rings. The SMILES string of the molecule is CC(Cc1ccccc1)(NC(=O)CCn1ccc2ccccc21)C(=O)O. The van der Waals surface area contributed by atoms with Gasteiger partial charge in [-0.3, -0.25) is 4.79 Å². The summed E-state index contributed by atoms with van der Waals surface area (Å²) in [6.07, 6.45) is 2.40. The van der Waals surface area contributed by atoms with Gasteiger partial charge in [-0.2, -0.15) is 0 Å². The van der Waals surface area contributed by atoms with Crippen LogP contribution in [-0.2, 0) is 22.6 Å². The predicted molar refractivity (Wildman–Crippen MR) is 101 cm³/mol. The Bertz CT molecular complexity index is 917. The smallest absolute Gasteiger partial charge is 0.329 e. The van der Waals surface area contributed by atoms with Gasteiger partial charge < -0.3 is 15.0 Å². The van der Waals surface area contributed by atoms with Crippen molar-refractivity contribution in [2.24, 2.45) is 0 Å². The first-order chi connectivity index (χ1) is 12.5. The number of carboxylic acids is 1.